The molecule has 0 N–H and O–H groups in total. The molecule has 0 saturated carbocycles. The van der Waals surface area contributed by atoms with Gasteiger partial charge in [-0.1, -0.05) is 11.6 Å². The Balaban J connectivity index is 2.06. The minimum Gasteiger partial charge on any atom is -0.327 e. The zero-order valence-corrected chi connectivity index (χ0v) is 13.8. The van der Waals surface area contributed by atoms with E-state index in [1.807, 2.05) is 0 Å². The van der Waals surface area contributed by atoms with Gasteiger partial charge >= 0.3 is 0 Å². The third kappa shape index (κ3) is 2.64. The summed E-state index contributed by atoms with van der Waals surface area (Å²) in [6.07, 6.45) is 1.35. The minimum atomic E-state index is -0.398. The first-order chi connectivity index (χ1) is 12.0. The molecule has 2 aromatic carbocycles. The van der Waals surface area contributed by atoms with Gasteiger partial charge in [0, 0.05) is 18.2 Å². The maximum atomic E-state index is 13.9. The first-order valence-corrected chi connectivity index (χ1v) is 7.81. The number of nitrogens with zero attached hydrogens (tertiary/aromatic N) is 4. The molecule has 1 aliphatic heterocycles. The van der Waals surface area contributed by atoms with E-state index in [1.165, 1.54) is 30.6 Å². The first kappa shape index (κ1) is 15.7. The van der Waals surface area contributed by atoms with E-state index < -0.39 is 5.82 Å². The van der Waals surface area contributed by atoms with Crippen LogP contribution in [-0.4, -0.2) is 22.7 Å². The smallest absolute Gasteiger partial charge is 0.163 e. The molecule has 124 valence electrons. The van der Waals surface area contributed by atoms with E-state index in [4.69, 9.17) is 11.6 Å². The van der Waals surface area contributed by atoms with Crippen LogP contribution >= 0.6 is 11.6 Å². The molecule has 0 aliphatic carbocycles. The van der Waals surface area contributed by atoms with Gasteiger partial charge in [-0.3, -0.25) is 0 Å². The molecule has 0 atom stereocenters. The van der Waals surface area contributed by atoms with Gasteiger partial charge in [0.2, 0.25) is 0 Å². The first-order valence-electron chi connectivity index (χ1n) is 7.43. The minimum absolute atomic E-state index is 0.185. The van der Waals surface area contributed by atoms with Crippen LogP contribution in [0.2, 0.25) is 5.15 Å². The average Bonchev–Trinajstić information content (AvgIpc) is 2.72. The fourth-order valence-electron chi connectivity index (χ4n) is 2.79. The van der Waals surface area contributed by atoms with Crippen molar-refractivity contribution in [1.29, 1.82) is 0 Å². The Morgan fingerprint density at radius 1 is 0.960 bits per heavy atom. The van der Waals surface area contributed by atoms with Crippen molar-refractivity contribution in [2.75, 3.05) is 11.9 Å². The van der Waals surface area contributed by atoms with Gasteiger partial charge in [-0.2, -0.15) is 0 Å². The van der Waals surface area contributed by atoms with Crippen molar-refractivity contribution in [3.8, 4) is 0 Å². The highest BCUT2D eigenvalue weighted by Crippen LogP contribution is 2.41. The summed E-state index contributed by atoms with van der Waals surface area (Å²) >= 11 is 6.21. The lowest BCUT2D eigenvalue weighted by molar-refractivity contribution is 0.627. The number of aromatic nitrogens is 2. The molecule has 0 unspecified atom stereocenters. The standard InChI is InChI=1S/C18H11ClF2N4/c1-25-14-7-6-12(21)8-13(14)15(10-2-4-11(20)5-3-10)24-16-17(19)22-9-23-18(16)25/h2-9H,1H3. The van der Waals surface area contributed by atoms with E-state index in [2.05, 4.69) is 15.0 Å². The van der Waals surface area contributed by atoms with Crippen molar-refractivity contribution >= 4 is 34.5 Å². The van der Waals surface area contributed by atoms with Gasteiger partial charge in [-0.15, -0.1) is 0 Å². The molecule has 1 aromatic heterocycles. The predicted molar refractivity (Wildman–Crippen MR) is 93.2 cm³/mol. The lowest BCUT2D eigenvalue weighted by Crippen LogP contribution is -2.14. The van der Waals surface area contributed by atoms with Crippen molar-refractivity contribution in [3.63, 3.8) is 0 Å². The lowest BCUT2D eigenvalue weighted by atomic mass is 10.00. The van der Waals surface area contributed by atoms with Crippen LogP contribution in [0.4, 0.5) is 26.0 Å². The van der Waals surface area contributed by atoms with Crippen molar-refractivity contribution in [1.82, 2.24) is 9.97 Å². The van der Waals surface area contributed by atoms with Gasteiger partial charge in [0.15, 0.2) is 11.0 Å². The van der Waals surface area contributed by atoms with E-state index in [9.17, 15) is 8.78 Å². The van der Waals surface area contributed by atoms with Gasteiger partial charge in [-0.05, 0) is 42.5 Å². The van der Waals surface area contributed by atoms with Crippen LogP contribution in [-0.2, 0) is 0 Å². The molecule has 7 heteroatoms. The lowest BCUT2D eigenvalue weighted by Gasteiger charge is -2.20. The molecule has 0 spiro atoms. The normalized spacial score (nSPS) is 13.0. The molecular formula is C18H11ClF2N4. The maximum absolute atomic E-state index is 13.9. The number of rotatable bonds is 1. The summed E-state index contributed by atoms with van der Waals surface area (Å²) in [7, 11) is 1.79. The van der Waals surface area contributed by atoms with Crippen molar-refractivity contribution in [3.05, 3.63) is 76.7 Å². The Kier molecular flexibility index (Phi) is 3.69. The van der Waals surface area contributed by atoms with E-state index >= 15 is 0 Å². The Morgan fingerprint density at radius 2 is 1.68 bits per heavy atom. The molecular weight excluding hydrogens is 346 g/mol. The Hall–Kier alpha value is -2.86. The summed E-state index contributed by atoms with van der Waals surface area (Å²) in [5.41, 5.74) is 2.75. The number of fused-ring (bicyclic) bond motifs is 2. The van der Waals surface area contributed by atoms with Crippen LogP contribution in [0, 0.1) is 11.6 Å². The van der Waals surface area contributed by atoms with E-state index in [1.54, 1.807) is 30.1 Å². The highest BCUT2D eigenvalue weighted by molar-refractivity contribution is 6.33. The van der Waals surface area contributed by atoms with E-state index in [-0.39, 0.29) is 11.0 Å². The second kappa shape index (κ2) is 5.89. The van der Waals surface area contributed by atoms with Crippen molar-refractivity contribution in [2.45, 2.75) is 0 Å². The molecule has 1 aliphatic rings. The summed E-state index contributed by atoms with van der Waals surface area (Å²) in [4.78, 5) is 14.6. The van der Waals surface area contributed by atoms with Crippen LogP contribution in [0.1, 0.15) is 11.1 Å². The summed E-state index contributed by atoms with van der Waals surface area (Å²) in [5.74, 6) is -0.258. The summed E-state index contributed by atoms with van der Waals surface area (Å²) < 4.78 is 27.2. The molecule has 3 aromatic rings. The van der Waals surface area contributed by atoms with Crippen molar-refractivity contribution in [2.24, 2.45) is 4.99 Å². The predicted octanol–water partition coefficient (Wildman–Crippen LogP) is 4.66. The van der Waals surface area contributed by atoms with Crippen LogP contribution in [0.25, 0.3) is 0 Å². The highest BCUT2D eigenvalue weighted by atomic mass is 35.5. The molecule has 4 rings (SSSR count). The summed E-state index contributed by atoms with van der Waals surface area (Å²) in [6.45, 7) is 0. The zero-order chi connectivity index (χ0) is 17.6. The summed E-state index contributed by atoms with van der Waals surface area (Å²) in [6, 6.07) is 10.2. The van der Waals surface area contributed by atoms with E-state index in [0.29, 0.717) is 34.0 Å². The third-order valence-electron chi connectivity index (χ3n) is 3.99. The topological polar surface area (TPSA) is 41.4 Å². The highest BCUT2D eigenvalue weighted by Gasteiger charge is 2.25. The van der Waals surface area contributed by atoms with Crippen LogP contribution in [0.5, 0.6) is 0 Å². The molecule has 0 amide bonds. The van der Waals surface area contributed by atoms with Crippen LogP contribution in [0.15, 0.2) is 53.8 Å². The van der Waals surface area contributed by atoms with Gasteiger partial charge in [0.05, 0.1) is 11.4 Å². The van der Waals surface area contributed by atoms with Gasteiger partial charge in [-0.25, -0.2) is 23.7 Å². The fourth-order valence-corrected chi connectivity index (χ4v) is 2.97. The second-order valence-electron chi connectivity index (χ2n) is 5.52. The fraction of sp³-hybridized carbons (Fsp3) is 0.0556. The van der Waals surface area contributed by atoms with Crippen LogP contribution in [0.3, 0.4) is 0 Å². The quantitative estimate of drug-likeness (QED) is 0.595. The van der Waals surface area contributed by atoms with Gasteiger partial charge < -0.3 is 4.90 Å². The number of hydrogen-bond donors (Lipinski definition) is 0. The van der Waals surface area contributed by atoms with Crippen molar-refractivity contribution < 1.29 is 8.78 Å². The largest absolute Gasteiger partial charge is 0.327 e. The molecule has 0 bridgehead atoms. The third-order valence-corrected chi connectivity index (χ3v) is 4.27. The number of benzene rings is 2. The SMILES string of the molecule is CN1c2ccc(F)cc2C(c2ccc(F)cc2)=Nc2c(Cl)ncnc21. The second-order valence-corrected chi connectivity index (χ2v) is 5.88. The Bertz CT molecular complexity index is 1000. The Morgan fingerprint density at radius 3 is 2.44 bits per heavy atom. The number of halogens is 3. The van der Waals surface area contributed by atoms with Crippen LogP contribution < -0.4 is 4.90 Å². The average molecular weight is 357 g/mol. The molecule has 25 heavy (non-hydrogen) atoms. The molecule has 0 fully saturated rings. The monoisotopic (exact) mass is 356 g/mol. The maximum Gasteiger partial charge on any atom is 0.163 e. The van der Waals surface area contributed by atoms with Gasteiger partial charge in [0.1, 0.15) is 23.6 Å². The molecule has 0 radical (unpaired) electrons. The Labute approximate surface area is 147 Å². The molecule has 0 saturated heterocycles. The number of anilines is 2. The number of hydrogen-bond acceptors (Lipinski definition) is 4. The van der Waals surface area contributed by atoms with Gasteiger partial charge in [0.25, 0.3) is 0 Å². The molecule has 4 nitrogen and oxygen atoms in total. The summed E-state index contributed by atoms with van der Waals surface area (Å²) in [5, 5.41) is 0.185. The van der Waals surface area contributed by atoms with E-state index in [0.717, 1.165) is 0 Å². The number of aliphatic imine (C=N–C) groups is 1. The molecule has 2 heterocycles. The zero-order valence-electron chi connectivity index (χ0n) is 13.0.